The Kier molecular flexibility index (Phi) is 22.6. The van der Waals surface area contributed by atoms with Crippen LogP contribution in [0.5, 0.6) is 5.75 Å². The Bertz CT molecular complexity index is 1530. The lowest BCUT2D eigenvalue weighted by Gasteiger charge is -2.14. The molecule has 256 valence electrons. The molecule has 3 aromatic carbocycles. The van der Waals surface area contributed by atoms with Crippen LogP contribution in [0, 0.1) is 5.41 Å². The van der Waals surface area contributed by atoms with Crippen LogP contribution >= 0.6 is 33.3 Å². The minimum Gasteiger partial charge on any atom is -0.465 e. The van der Waals surface area contributed by atoms with Crippen LogP contribution in [0.1, 0.15) is 42.4 Å². The molecular formula is C36H46N5O4PS2. The van der Waals surface area contributed by atoms with Crippen molar-refractivity contribution in [2.45, 2.75) is 36.7 Å². The summed E-state index contributed by atoms with van der Waals surface area (Å²) in [5.41, 5.74) is 3.24. The minimum atomic E-state index is -0.132. The fourth-order valence-electron chi connectivity index (χ4n) is 3.40. The molecule has 1 amide bonds. The molecule has 0 bridgehead atoms. The van der Waals surface area contributed by atoms with Gasteiger partial charge >= 0.3 is 0 Å². The fraction of sp³-hybridized carbons (Fsp3) is 0.222. The van der Waals surface area contributed by atoms with Crippen molar-refractivity contribution in [1.29, 1.82) is 5.41 Å². The minimum absolute atomic E-state index is 0.0301. The summed E-state index contributed by atoms with van der Waals surface area (Å²) in [4.78, 5) is 27.8. The van der Waals surface area contributed by atoms with Gasteiger partial charge in [-0.25, -0.2) is 0 Å². The van der Waals surface area contributed by atoms with Crippen molar-refractivity contribution < 1.29 is 18.8 Å². The van der Waals surface area contributed by atoms with E-state index in [1.165, 1.54) is 11.8 Å². The lowest BCUT2D eigenvalue weighted by molar-refractivity contribution is -0.131. The van der Waals surface area contributed by atoms with Gasteiger partial charge in [-0.3, -0.25) is 14.6 Å². The number of thiol groups is 1. The van der Waals surface area contributed by atoms with E-state index in [1.54, 1.807) is 39.4 Å². The Morgan fingerprint density at radius 2 is 1.65 bits per heavy atom. The molecule has 4 aromatic rings. The summed E-state index contributed by atoms with van der Waals surface area (Å²) in [6.07, 6.45) is 7.00. The van der Waals surface area contributed by atoms with Gasteiger partial charge in [0.15, 0.2) is 8.96 Å². The van der Waals surface area contributed by atoms with E-state index in [4.69, 9.17) is 9.93 Å². The predicted molar refractivity (Wildman–Crippen MR) is 206 cm³/mol. The number of anilines is 1. The van der Waals surface area contributed by atoms with Gasteiger partial charge in [-0.1, -0.05) is 55.1 Å². The SMILES string of the molecule is CC(C)OC=O.CCNC.CNC(=O)c1ccccc1Sc1ccc(C(=N)/C=C/c2ccccn2)c(NPOc2ccccc2)c1.CS. The molecule has 0 saturated heterocycles. The fourth-order valence-corrected chi connectivity index (χ4v) is 5.01. The third kappa shape index (κ3) is 16.6. The Labute approximate surface area is 296 Å². The van der Waals surface area contributed by atoms with Crippen LogP contribution < -0.4 is 20.2 Å². The quantitative estimate of drug-likeness (QED) is 0.0410. The topological polar surface area (TPSA) is 125 Å². The number of nitrogens with one attached hydrogen (secondary N) is 4. The summed E-state index contributed by atoms with van der Waals surface area (Å²) >= 11 is 5.02. The summed E-state index contributed by atoms with van der Waals surface area (Å²) in [6, 6.07) is 28.6. The number of carbonyl (C=O) groups is 2. The van der Waals surface area contributed by atoms with Gasteiger partial charge < -0.3 is 30.4 Å². The van der Waals surface area contributed by atoms with Crippen LogP contribution in [-0.4, -0.2) is 56.1 Å². The third-order valence-corrected chi connectivity index (χ3v) is 7.53. The summed E-state index contributed by atoms with van der Waals surface area (Å²) < 4.78 is 10.2. The van der Waals surface area contributed by atoms with E-state index in [0.717, 1.165) is 39.0 Å². The number of ether oxygens (including phenoxy) is 1. The van der Waals surface area contributed by atoms with Gasteiger partial charge in [-0.2, -0.15) is 12.6 Å². The van der Waals surface area contributed by atoms with Crippen molar-refractivity contribution in [3.05, 3.63) is 120 Å². The highest BCUT2D eigenvalue weighted by molar-refractivity contribution is 7.99. The zero-order valence-corrected chi connectivity index (χ0v) is 30.9. The van der Waals surface area contributed by atoms with Crippen LogP contribution in [0.25, 0.3) is 6.08 Å². The average molecular weight is 708 g/mol. The number of hydrogen-bond donors (Lipinski definition) is 5. The Morgan fingerprint density at radius 1 is 0.979 bits per heavy atom. The maximum atomic E-state index is 12.3. The third-order valence-electron chi connectivity index (χ3n) is 5.76. The standard InChI is InChI=1S/C28H25N4O2PS.C4H8O2.C3H9N.CH4S/c1-30-28(33)24-12-5-6-13-27(24)36-22-15-16-23(25(29)17-14-20-9-7-8-18-31-20)26(19-22)32-35-34-21-10-3-2-4-11-21;1-4(2)6-3-5;1-3-4-2;1-2/h2-19,29,32,35H,1H3,(H,30,33);3-4H,1-2H3;4H,3H2,1-2H3;2H,1H3/b17-14+,29-25?;;;. The van der Waals surface area contributed by atoms with Crippen molar-refractivity contribution in [3.63, 3.8) is 0 Å². The molecule has 0 aliphatic heterocycles. The molecule has 4 N–H and O–H groups in total. The average Bonchev–Trinajstić information content (AvgIpc) is 3.12. The molecule has 4 rings (SSSR count). The number of carbonyl (C=O) groups excluding carboxylic acids is 2. The number of benzene rings is 3. The molecule has 1 atom stereocenters. The zero-order valence-electron chi connectivity index (χ0n) is 28.2. The molecule has 1 heterocycles. The van der Waals surface area contributed by atoms with E-state index >= 15 is 0 Å². The van der Waals surface area contributed by atoms with Gasteiger partial charge in [-0.05, 0) is 100 Å². The molecule has 0 aliphatic carbocycles. The van der Waals surface area contributed by atoms with Crippen molar-refractivity contribution in [2.75, 3.05) is 32.0 Å². The van der Waals surface area contributed by atoms with Crippen molar-refractivity contribution in [1.82, 2.24) is 15.6 Å². The first-order valence-electron chi connectivity index (χ1n) is 15.0. The van der Waals surface area contributed by atoms with Crippen LogP contribution in [0.3, 0.4) is 0 Å². The molecule has 1 unspecified atom stereocenters. The first-order chi connectivity index (χ1) is 23.3. The van der Waals surface area contributed by atoms with Gasteiger partial charge in [0.2, 0.25) is 0 Å². The summed E-state index contributed by atoms with van der Waals surface area (Å²) in [5, 5.41) is 17.6. The van der Waals surface area contributed by atoms with Crippen LogP contribution in [0.4, 0.5) is 5.69 Å². The molecule has 0 saturated carbocycles. The molecule has 0 aliphatic rings. The van der Waals surface area contributed by atoms with Crippen molar-refractivity contribution in [2.24, 2.45) is 0 Å². The number of para-hydroxylation sites is 1. The lowest BCUT2D eigenvalue weighted by Crippen LogP contribution is -2.18. The molecule has 9 nitrogen and oxygen atoms in total. The van der Waals surface area contributed by atoms with Gasteiger partial charge in [0.1, 0.15) is 5.75 Å². The monoisotopic (exact) mass is 707 g/mol. The molecule has 12 heteroatoms. The molecule has 1 aromatic heterocycles. The Morgan fingerprint density at radius 3 is 2.23 bits per heavy atom. The number of hydrogen-bond acceptors (Lipinski definition) is 10. The highest BCUT2D eigenvalue weighted by atomic mass is 32.2. The second-order valence-corrected chi connectivity index (χ2v) is 11.3. The zero-order chi connectivity index (χ0) is 35.6. The number of nitrogens with zero attached hydrogens (tertiary/aromatic N) is 1. The van der Waals surface area contributed by atoms with Crippen LogP contribution in [-0.2, 0) is 9.53 Å². The smallest absolute Gasteiger partial charge is 0.293 e. The van der Waals surface area contributed by atoms with E-state index in [2.05, 4.69) is 45.0 Å². The van der Waals surface area contributed by atoms with Crippen LogP contribution in [0.15, 0.2) is 113 Å². The maximum Gasteiger partial charge on any atom is 0.293 e. The summed E-state index contributed by atoms with van der Waals surface area (Å²) in [7, 11) is 3.51. The van der Waals surface area contributed by atoms with E-state index in [9.17, 15) is 9.59 Å². The van der Waals surface area contributed by atoms with E-state index in [0.29, 0.717) is 17.7 Å². The van der Waals surface area contributed by atoms with Gasteiger partial charge in [-0.15, -0.1) is 0 Å². The van der Waals surface area contributed by atoms with E-state index in [-0.39, 0.29) is 21.0 Å². The highest BCUT2D eigenvalue weighted by Crippen LogP contribution is 2.35. The molecular weight excluding hydrogens is 662 g/mol. The highest BCUT2D eigenvalue weighted by Gasteiger charge is 2.13. The van der Waals surface area contributed by atoms with Crippen molar-refractivity contribution in [3.8, 4) is 5.75 Å². The second kappa shape index (κ2) is 25.9. The first kappa shape index (κ1) is 41.9. The van der Waals surface area contributed by atoms with Gasteiger partial charge in [0.25, 0.3) is 12.4 Å². The molecule has 0 radical (unpaired) electrons. The molecule has 48 heavy (non-hydrogen) atoms. The predicted octanol–water partition coefficient (Wildman–Crippen LogP) is 8.01. The van der Waals surface area contributed by atoms with E-state index in [1.807, 2.05) is 104 Å². The first-order valence-corrected chi connectivity index (χ1v) is 17.7. The molecule has 0 spiro atoms. The lowest BCUT2D eigenvalue weighted by atomic mass is 10.1. The maximum absolute atomic E-state index is 12.3. The summed E-state index contributed by atoms with van der Waals surface area (Å²) in [5.74, 6) is 0.632. The van der Waals surface area contributed by atoms with Crippen LogP contribution in [0.2, 0.25) is 0 Å². The van der Waals surface area contributed by atoms with Gasteiger partial charge in [0.05, 0.1) is 28.8 Å². The summed E-state index contributed by atoms with van der Waals surface area (Å²) in [6.45, 7) is 7.19. The Balaban J connectivity index is 0.000000830. The largest absolute Gasteiger partial charge is 0.465 e. The number of amides is 1. The normalized spacial score (nSPS) is 10.1. The van der Waals surface area contributed by atoms with Gasteiger partial charge in [0, 0.05) is 28.6 Å². The second-order valence-electron chi connectivity index (χ2n) is 9.52. The number of allylic oxidation sites excluding steroid dienone is 1. The van der Waals surface area contributed by atoms with Crippen molar-refractivity contribution >= 4 is 63.2 Å². The Hall–Kier alpha value is -4.15. The number of aromatic nitrogens is 1. The number of pyridine rings is 1. The van der Waals surface area contributed by atoms with E-state index < -0.39 is 0 Å². The molecule has 0 fully saturated rings. The number of rotatable bonds is 13.